The molecular formula is C19H27N3O3S2. The number of nitrogens with one attached hydrogen (secondary N) is 1. The van der Waals surface area contributed by atoms with E-state index in [1.165, 1.54) is 24.8 Å². The highest BCUT2D eigenvalue weighted by atomic mass is 32.2. The van der Waals surface area contributed by atoms with E-state index in [4.69, 9.17) is 0 Å². The Balaban J connectivity index is 1.69. The molecule has 27 heavy (non-hydrogen) atoms. The maximum absolute atomic E-state index is 12.9. The standard InChI is InChI=1S/C19H27N3O3S2/c1-12-6-5-7-16(13(12)2)21-19(23)11-22(4)27(24,25)15-8-9-17-18(10-15)26-14(3)20-17/h8-10,12-13,16H,5-7,11H2,1-4H3,(H,21,23)/t12-,13-,16-/m1/s1. The van der Waals surface area contributed by atoms with Gasteiger partial charge in [0.2, 0.25) is 15.9 Å². The SMILES string of the molecule is Cc1nc2ccc(S(=O)(=O)N(C)CC(=O)N[C@@H]3CCC[C@@H](C)[C@H]3C)cc2s1. The van der Waals surface area contributed by atoms with Crippen LogP contribution in [-0.2, 0) is 14.8 Å². The lowest BCUT2D eigenvalue weighted by molar-refractivity contribution is -0.122. The van der Waals surface area contributed by atoms with Crippen LogP contribution in [0.5, 0.6) is 0 Å². The number of thiazole rings is 1. The molecule has 2 aromatic rings. The number of rotatable bonds is 5. The molecule has 8 heteroatoms. The summed E-state index contributed by atoms with van der Waals surface area (Å²) in [6.45, 7) is 6.07. The zero-order valence-corrected chi connectivity index (χ0v) is 17.9. The number of aryl methyl sites for hydroxylation is 1. The second-order valence-electron chi connectivity index (χ2n) is 7.56. The number of aromatic nitrogens is 1. The van der Waals surface area contributed by atoms with Crippen molar-refractivity contribution in [2.75, 3.05) is 13.6 Å². The molecule has 0 saturated heterocycles. The zero-order chi connectivity index (χ0) is 19.8. The Kier molecular flexibility index (Phi) is 5.88. The van der Waals surface area contributed by atoms with E-state index in [0.717, 1.165) is 32.4 Å². The molecule has 1 amide bonds. The number of hydrogen-bond donors (Lipinski definition) is 1. The van der Waals surface area contributed by atoms with Gasteiger partial charge in [-0.15, -0.1) is 11.3 Å². The number of carbonyl (C=O) groups is 1. The summed E-state index contributed by atoms with van der Waals surface area (Å²) in [4.78, 5) is 17.0. The predicted octanol–water partition coefficient (Wildman–Crippen LogP) is 3.17. The van der Waals surface area contributed by atoms with Crippen LogP contribution < -0.4 is 5.32 Å². The number of nitrogens with zero attached hydrogens (tertiary/aromatic N) is 2. The van der Waals surface area contributed by atoms with Gasteiger partial charge in [0.1, 0.15) is 0 Å². The topological polar surface area (TPSA) is 79.4 Å². The molecule has 6 nitrogen and oxygen atoms in total. The van der Waals surface area contributed by atoms with E-state index in [0.29, 0.717) is 11.8 Å². The second-order valence-corrected chi connectivity index (χ2v) is 10.8. The van der Waals surface area contributed by atoms with Crippen molar-refractivity contribution in [1.29, 1.82) is 0 Å². The van der Waals surface area contributed by atoms with Crippen LogP contribution in [-0.4, -0.2) is 43.2 Å². The molecule has 0 aliphatic heterocycles. The summed E-state index contributed by atoms with van der Waals surface area (Å²) in [7, 11) is -2.28. The monoisotopic (exact) mass is 409 g/mol. The first kappa shape index (κ1) is 20.2. The zero-order valence-electron chi connectivity index (χ0n) is 16.2. The molecular weight excluding hydrogens is 382 g/mol. The maximum Gasteiger partial charge on any atom is 0.243 e. The average Bonchev–Trinajstić information content (AvgIpc) is 2.98. The van der Waals surface area contributed by atoms with Gasteiger partial charge in [0.15, 0.2) is 0 Å². The van der Waals surface area contributed by atoms with Crippen molar-refractivity contribution < 1.29 is 13.2 Å². The molecule has 1 aromatic heterocycles. The number of fused-ring (bicyclic) bond motifs is 1. The summed E-state index contributed by atoms with van der Waals surface area (Å²) in [6, 6.07) is 5.02. The molecule has 3 atom stereocenters. The Bertz CT molecular complexity index is 939. The Morgan fingerprint density at radius 3 is 2.81 bits per heavy atom. The highest BCUT2D eigenvalue weighted by Gasteiger charge is 2.30. The minimum absolute atomic E-state index is 0.119. The Morgan fingerprint density at radius 1 is 1.33 bits per heavy atom. The van der Waals surface area contributed by atoms with Crippen LogP contribution in [0.25, 0.3) is 10.2 Å². The van der Waals surface area contributed by atoms with Crippen molar-refractivity contribution in [3.63, 3.8) is 0 Å². The van der Waals surface area contributed by atoms with Gasteiger partial charge in [-0.1, -0.05) is 26.7 Å². The minimum atomic E-state index is -3.73. The molecule has 1 aliphatic rings. The summed E-state index contributed by atoms with van der Waals surface area (Å²) in [5.41, 5.74) is 0.789. The second kappa shape index (κ2) is 7.85. The summed E-state index contributed by atoms with van der Waals surface area (Å²) in [6.07, 6.45) is 3.23. The normalized spacial score (nSPS) is 23.7. The molecule has 3 rings (SSSR count). The van der Waals surface area contributed by atoms with Gasteiger partial charge >= 0.3 is 0 Å². The first-order valence-electron chi connectivity index (χ1n) is 9.31. The number of hydrogen-bond acceptors (Lipinski definition) is 5. The molecule has 148 valence electrons. The number of sulfonamides is 1. The van der Waals surface area contributed by atoms with E-state index in [1.54, 1.807) is 18.2 Å². The fraction of sp³-hybridized carbons (Fsp3) is 0.579. The van der Waals surface area contributed by atoms with Crippen molar-refractivity contribution in [3.05, 3.63) is 23.2 Å². The molecule has 0 bridgehead atoms. The number of amides is 1. The summed E-state index contributed by atoms with van der Waals surface area (Å²) in [5, 5.41) is 3.93. The predicted molar refractivity (Wildman–Crippen MR) is 108 cm³/mol. The third kappa shape index (κ3) is 4.33. The molecule has 0 radical (unpaired) electrons. The Morgan fingerprint density at radius 2 is 2.07 bits per heavy atom. The van der Waals surface area contributed by atoms with Gasteiger partial charge in [-0.05, 0) is 43.4 Å². The van der Waals surface area contributed by atoms with Crippen molar-refractivity contribution in [2.45, 2.75) is 51.0 Å². The first-order valence-corrected chi connectivity index (χ1v) is 11.6. The van der Waals surface area contributed by atoms with Gasteiger partial charge in [-0.25, -0.2) is 13.4 Å². The van der Waals surface area contributed by atoms with Crippen LogP contribution in [0, 0.1) is 18.8 Å². The van der Waals surface area contributed by atoms with Crippen molar-refractivity contribution in [1.82, 2.24) is 14.6 Å². The number of likely N-dealkylation sites (N-methyl/N-ethyl adjacent to an activating group) is 1. The van der Waals surface area contributed by atoms with Gasteiger partial charge in [0, 0.05) is 13.1 Å². The molecule has 1 heterocycles. The lowest BCUT2D eigenvalue weighted by atomic mass is 9.78. The minimum Gasteiger partial charge on any atom is -0.352 e. The molecule has 1 saturated carbocycles. The summed E-state index contributed by atoms with van der Waals surface area (Å²) < 4.78 is 27.7. The lowest BCUT2D eigenvalue weighted by Gasteiger charge is -2.34. The smallest absolute Gasteiger partial charge is 0.243 e. The summed E-state index contributed by atoms with van der Waals surface area (Å²) >= 11 is 1.46. The van der Waals surface area contributed by atoms with Crippen LogP contribution in [0.4, 0.5) is 0 Å². The van der Waals surface area contributed by atoms with Crippen LogP contribution in [0.1, 0.15) is 38.1 Å². The van der Waals surface area contributed by atoms with E-state index in [2.05, 4.69) is 24.1 Å². The molecule has 0 spiro atoms. The quantitative estimate of drug-likeness (QED) is 0.823. The van der Waals surface area contributed by atoms with Gasteiger partial charge in [-0.3, -0.25) is 4.79 Å². The Labute approximate surface area is 165 Å². The fourth-order valence-corrected chi connectivity index (χ4v) is 5.78. The first-order chi connectivity index (χ1) is 12.7. The molecule has 1 fully saturated rings. The third-order valence-corrected chi connectivity index (χ3v) is 8.33. The molecule has 1 aliphatic carbocycles. The van der Waals surface area contributed by atoms with E-state index in [1.807, 2.05) is 6.92 Å². The fourth-order valence-electron chi connectivity index (χ4n) is 3.69. The molecule has 1 aromatic carbocycles. The van der Waals surface area contributed by atoms with E-state index in [9.17, 15) is 13.2 Å². The Hall–Kier alpha value is -1.51. The van der Waals surface area contributed by atoms with Crippen LogP contribution in [0.3, 0.4) is 0 Å². The number of carbonyl (C=O) groups excluding carboxylic acids is 1. The largest absolute Gasteiger partial charge is 0.352 e. The number of benzene rings is 1. The molecule has 0 unspecified atom stereocenters. The highest BCUT2D eigenvalue weighted by molar-refractivity contribution is 7.89. The van der Waals surface area contributed by atoms with Crippen molar-refractivity contribution in [2.24, 2.45) is 11.8 Å². The van der Waals surface area contributed by atoms with Gasteiger partial charge in [0.25, 0.3) is 0 Å². The van der Waals surface area contributed by atoms with Crippen molar-refractivity contribution in [3.8, 4) is 0 Å². The van der Waals surface area contributed by atoms with Gasteiger partial charge in [-0.2, -0.15) is 4.31 Å². The highest BCUT2D eigenvalue weighted by Crippen LogP contribution is 2.29. The summed E-state index contributed by atoms with van der Waals surface area (Å²) in [5.74, 6) is 0.725. The van der Waals surface area contributed by atoms with Gasteiger partial charge in [0.05, 0.1) is 26.7 Å². The molecule has 1 N–H and O–H groups in total. The average molecular weight is 410 g/mol. The van der Waals surface area contributed by atoms with E-state index >= 15 is 0 Å². The van der Waals surface area contributed by atoms with Crippen LogP contribution in [0.2, 0.25) is 0 Å². The van der Waals surface area contributed by atoms with Crippen LogP contribution >= 0.6 is 11.3 Å². The lowest BCUT2D eigenvalue weighted by Crippen LogP contribution is -2.47. The van der Waals surface area contributed by atoms with Crippen molar-refractivity contribution >= 4 is 37.5 Å². The van der Waals surface area contributed by atoms with E-state index < -0.39 is 10.0 Å². The van der Waals surface area contributed by atoms with E-state index in [-0.39, 0.29) is 23.4 Å². The van der Waals surface area contributed by atoms with Gasteiger partial charge < -0.3 is 5.32 Å². The maximum atomic E-state index is 12.9. The van der Waals surface area contributed by atoms with Crippen LogP contribution in [0.15, 0.2) is 23.1 Å². The third-order valence-electron chi connectivity index (χ3n) is 5.59.